The van der Waals surface area contributed by atoms with Crippen LogP contribution in [0.5, 0.6) is 0 Å². The number of nitrogens with zero attached hydrogens (tertiary/aromatic N) is 1. The van der Waals surface area contributed by atoms with Gasteiger partial charge in [0, 0.05) is 18.2 Å². The van der Waals surface area contributed by atoms with E-state index in [-0.39, 0.29) is 0 Å². The second-order valence-electron chi connectivity index (χ2n) is 4.47. The zero-order valence-corrected chi connectivity index (χ0v) is 10.2. The molecule has 86 valence electrons. The van der Waals surface area contributed by atoms with Crippen LogP contribution < -0.4 is 5.73 Å². The highest BCUT2D eigenvalue weighted by Crippen LogP contribution is 2.16. The third-order valence-corrected chi connectivity index (χ3v) is 3.10. The van der Waals surface area contributed by atoms with Crippen LogP contribution in [0.2, 0.25) is 0 Å². The molecule has 0 aliphatic heterocycles. The van der Waals surface area contributed by atoms with Crippen LogP contribution in [-0.4, -0.2) is 18.0 Å². The van der Waals surface area contributed by atoms with E-state index in [0.29, 0.717) is 18.5 Å². The molecule has 0 aliphatic rings. The van der Waals surface area contributed by atoms with Crippen molar-refractivity contribution < 1.29 is 4.42 Å². The third-order valence-electron chi connectivity index (χ3n) is 3.10. The van der Waals surface area contributed by atoms with Gasteiger partial charge >= 0.3 is 0 Å². The molecule has 0 saturated heterocycles. The highest BCUT2D eigenvalue weighted by Gasteiger charge is 2.15. The molecule has 1 rings (SSSR count). The molecule has 1 unspecified atom stereocenters. The SMILES string of the molecule is CC(C)C(C)N(C)Cc1ccoc1CN. The minimum atomic E-state index is 0.478. The van der Waals surface area contributed by atoms with Gasteiger partial charge in [-0.3, -0.25) is 4.90 Å². The van der Waals surface area contributed by atoms with Crippen LogP contribution in [0.3, 0.4) is 0 Å². The quantitative estimate of drug-likeness (QED) is 0.810. The van der Waals surface area contributed by atoms with Gasteiger partial charge in [-0.2, -0.15) is 0 Å². The summed E-state index contributed by atoms with van der Waals surface area (Å²) >= 11 is 0. The lowest BCUT2D eigenvalue weighted by Gasteiger charge is -2.27. The molecule has 1 aromatic rings. The Bertz CT molecular complexity index is 294. The molecule has 1 heterocycles. The molecule has 0 spiro atoms. The lowest BCUT2D eigenvalue weighted by molar-refractivity contribution is 0.199. The zero-order valence-electron chi connectivity index (χ0n) is 10.2. The standard InChI is InChI=1S/C12H22N2O/c1-9(2)10(3)14(4)8-11-5-6-15-12(11)7-13/h5-6,9-10H,7-8,13H2,1-4H3. The van der Waals surface area contributed by atoms with Crippen LogP contribution in [0.15, 0.2) is 16.7 Å². The summed E-state index contributed by atoms with van der Waals surface area (Å²) in [6, 6.07) is 2.57. The fourth-order valence-electron chi connectivity index (χ4n) is 1.61. The molecule has 1 aromatic heterocycles. The van der Waals surface area contributed by atoms with Gasteiger partial charge in [0.25, 0.3) is 0 Å². The van der Waals surface area contributed by atoms with Crippen molar-refractivity contribution in [2.75, 3.05) is 7.05 Å². The van der Waals surface area contributed by atoms with E-state index in [1.54, 1.807) is 6.26 Å². The Morgan fingerprint density at radius 2 is 2.07 bits per heavy atom. The Labute approximate surface area is 92.2 Å². The maximum Gasteiger partial charge on any atom is 0.121 e. The smallest absolute Gasteiger partial charge is 0.121 e. The number of rotatable bonds is 5. The summed E-state index contributed by atoms with van der Waals surface area (Å²) in [5.74, 6) is 1.56. The molecule has 0 saturated carbocycles. The average molecular weight is 210 g/mol. The van der Waals surface area contributed by atoms with E-state index < -0.39 is 0 Å². The molecule has 3 heteroatoms. The van der Waals surface area contributed by atoms with Gasteiger partial charge in [0.2, 0.25) is 0 Å². The molecule has 3 nitrogen and oxygen atoms in total. The zero-order chi connectivity index (χ0) is 11.4. The predicted molar refractivity (Wildman–Crippen MR) is 62.4 cm³/mol. The van der Waals surface area contributed by atoms with Gasteiger partial charge in [-0.1, -0.05) is 13.8 Å². The lowest BCUT2D eigenvalue weighted by Crippen LogP contribution is -2.32. The molecular formula is C12H22N2O. The molecule has 0 fully saturated rings. The summed E-state index contributed by atoms with van der Waals surface area (Å²) in [5, 5.41) is 0. The van der Waals surface area contributed by atoms with E-state index in [2.05, 4.69) is 32.7 Å². The van der Waals surface area contributed by atoms with Crippen LogP contribution in [0.4, 0.5) is 0 Å². The van der Waals surface area contributed by atoms with Gasteiger partial charge in [0.05, 0.1) is 12.8 Å². The van der Waals surface area contributed by atoms with Gasteiger partial charge < -0.3 is 10.2 Å². The fraction of sp³-hybridized carbons (Fsp3) is 0.667. The van der Waals surface area contributed by atoms with Crippen molar-refractivity contribution in [3.8, 4) is 0 Å². The van der Waals surface area contributed by atoms with E-state index in [1.165, 1.54) is 5.56 Å². The number of nitrogens with two attached hydrogens (primary N) is 1. The monoisotopic (exact) mass is 210 g/mol. The van der Waals surface area contributed by atoms with Crippen LogP contribution in [0.1, 0.15) is 32.1 Å². The van der Waals surface area contributed by atoms with Crippen molar-refractivity contribution in [1.82, 2.24) is 4.90 Å². The largest absolute Gasteiger partial charge is 0.468 e. The Balaban J connectivity index is 2.61. The van der Waals surface area contributed by atoms with E-state index >= 15 is 0 Å². The summed E-state index contributed by atoms with van der Waals surface area (Å²) in [5.41, 5.74) is 6.80. The van der Waals surface area contributed by atoms with Crippen molar-refractivity contribution in [2.45, 2.75) is 39.9 Å². The van der Waals surface area contributed by atoms with Gasteiger partial charge in [-0.25, -0.2) is 0 Å². The Morgan fingerprint density at radius 1 is 1.40 bits per heavy atom. The molecule has 0 aliphatic carbocycles. The van der Waals surface area contributed by atoms with Crippen molar-refractivity contribution >= 4 is 0 Å². The molecule has 1 atom stereocenters. The normalized spacial score (nSPS) is 13.8. The van der Waals surface area contributed by atoms with Crippen molar-refractivity contribution in [2.24, 2.45) is 11.7 Å². The van der Waals surface area contributed by atoms with E-state index in [1.807, 2.05) is 6.07 Å². The molecular weight excluding hydrogens is 188 g/mol. The summed E-state index contributed by atoms with van der Waals surface area (Å²) < 4.78 is 5.30. The number of furan rings is 1. The minimum absolute atomic E-state index is 0.478. The van der Waals surface area contributed by atoms with Gasteiger partial charge in [-0.05, 0) is 26.0 Å². The second-order valence-corrected chi connectivity index (χ2v) is 4.47. The average Bonchev–Trinajstić information content (AvgIpc) is 2.63. The third kappa shape index (κ3) is 3.08. The first-order chi connectivity index (χ1) is 7.06. The van der Waals surface area contributed by atoms with Gasteiger partial charge in [0.15, 0.2) is 0 Å². The lowest BCUT2D eigenvalue weighted by atomic mass is 10.0. The maximum absolute atomic E-state index is 5.59. The Kier molecular flexibility index (Phi) is 4.36. The Morgan fingerprint density at radius 3 is 2.60 bits per heavy atom. The van der Waals surface area contributed by atoms with Crippen molar-refractivity contribution in [1.29, 1.82) is 0 Å². The summed E-state index contributed by atoms with van der Waals surface area (Å²) in [7, 11) is 2.14. The first kappa shape index (κ1) is 12.3. The van der Waals surface area contributed by atoms with E-state index in [0.717, 1.165) is 12.3 Å². The minimum Gasteiger partial charge on any atom is -0.468 e. The molecule has 2 N–H and O–H groups in total. The van der Waals surface area contributed by atoms with Gasteiger partial charge in [-0.15, -0.1) is 0 Å². The first-order valence-corrected chi connectivity index (χ1v) is 5.51. The van der Waals surface area contributed by atoms with Crippen molar-refractivity contribution in [3.05, 3.63) is 23.7 Å². The van der Waals surface area contributed by atoms with Crippen LogP contribution in [0.25, 0.3) is 0 Å². The van der Waals surface area contributed by atoms with E-state index in [9.17, 15) is 0 Å². The number of hydrogen-bond donors (Lipinski definition) is 1. The molecule has 0 aromatic carbocycles. The second kappa shape index (κ2) is 5.33. The highest BCUT2D eigenvalue weighted by atomic mass is 16.3. The van der Waals surface area contributed by atoms with Crippen LogP contribution in [0, 0.1) is 5.92 Å². The molecule has 0 radical (unpaired) electrons. The highest BCUT2D eigenvalue weighted by molar-refractivity contribution is 5.16. The Hall–Kier alpha value is -0.800. The molecule has 15 heavy (non-hydrogen) atoms. The molecule has 0 amide bonds. The molecule has 0 bridgehead atoms. The number of hydrogen-bond acceptors (Lipinski definition) is 3. The van der Waals surface area contributed by atoms with Crippen LogP contribution >= 0.6 is 0 Å². The van der Waals surface area contributed by atoms with E-state index in [4.69, 9.17) is 10.2 Å². The topological polar surface area (TPSA) is 42.4 Å². The van der Waals surface area contributed by atoms with Gasteiger partial charge in [0.1, 0.15) is 5.76 Å². The first-order valence-electron chi connectivity index (χ1n) is 5.51. The fourth-order valence-corrected chi connectivity index (χ4v) is 1.61. The van der Waals surface area contributed by atoms with Crippen LogP contribution in [-0.2, 0) is 13.1 Å². The predicted octanol–water partition coefficient (Wildman–Crippen LogP) is 2.21. The summed E-state index contributed by atoms with van der Waals surface area (Å²) in [4.78, 5) is 2.33. The summed E-state index contributed by atoms with van der Waals surface area (Å²) in [6.45, 7) is 8.10. The van der Waals surface area contributed by atoms with Crippen molar-refractivity contribution in [3.63, 3.8) is 0 Å². The summed E-state index contributed by atoms with van der Waals surface area (Å²) in [6.07, 6.45) is 1.71. The maximum atomic E-state index is 5.59.